The average molecular weight is 300 g/mol. The predicted octanol–water partition coefficient (Wildman–Crippen LogP) is 2.75. The summed E-state index contributed by atoms with van der Waals surface area (Å²) in [5.74, 6) is 1.10. The molecule has 0 aliphatic carbocycles. The van der Waals surface area contributed by atoms with Gasteiger partial charge in [0.1, 0.15) is 5.82 Å². The summed E-state index contributed by atoms with van der Waals surface area (Å²) < 4.78 is 3.21. The number of hydrogen-bond donors (Lipinski definition) is 1. The normalized spacial score (nSPS) is 12.9. The number of halogens is 1. The van der Waals surface area contributed by atoms with Gasteiger partial charge in [-0.25, -0.2) is 4.98 Å². The minimum absolute atomic E-state index is 0.331. The van der Waals surface area contributed by atoms with Gasteiger partial charge in [-0.3, -0.25) is 0 Å². The van der Waals surface area contributed by atoms with E-state index < -0.39 is 0 Å². The molecule has 5 heteroatoms. The molecule has 0 saturated heterocycles. The van der Waals surface area contributed by atoms with Crippen molar-refractivity contribution in [3.05, 3.63) is 39.0 Å². The zero-order valence-electron chi connectivity index (χ0n) is 9.27. The molecule has 0 fully saturated rings. The van der Waals surface area contributed by atoms with Crippen LogP contribution in [0.5, 0.6) is 0 Å². The van der Waals surface area contributed by atoms with E-state index >= 15 is 0 Å². The van der Waals surface area contributed by atoms with Gasteiger partial charge in [0.15, 0.2) is 0 Å². The maximum Gasteiger partial charge on any atom is 0.110 e. The summed E-state index contributed by atoms with van der Waals surface area (Å²) in [5, 5.41) is 5.44. The number of imidazole rings is 1. The summed E-state index contributed by atoms with van der Waals surface area (Å²) >= 11 is 5.25. The molecule has 0 saturated carbocycles. The topological polar surface area (TPSA) is 29.9 Å². The summed E-state index contributed by atoms with van der Waals surface area (Å²) in [6.45, 7) is 0. The van der Waals surface area contributed by atoms with E-state index in [1.807, 2.05) is 26.5 Å². The van der Waals surface area contributed by atoms with Crippen LogP contribution < -0.4 is 5.32 Å². The molecule has 0 aliphatic rings. The van der Waals surface area contributed by atoms with Crippen LogP contribution in [0.25, 0.3) is 0 Å². The molecule has 0 spiro atoms. The molecular weight excluding hydrogens is 286 g/mol. The highest BCUT2D eigenvalue weighted by Gasteiger charge is 2.14. The molecule has 1 atom stereocenters. The Hall–Kier alpha value is -0.650. The van der Waals surface area contributed by atoms with Crippen molar-refractivity contribution in [2.24, 2.45) is 7.05 Å². The van der Waals surface area contributed by atoms with Crippen LogP contribution in [-0.2, 0) is 13.5 Å². The van der Waals surface area contributed by atoms with Crippen LogP contribution in [0, 0.1) is 0 Å². The standard InChI is InChI=1S/C11H14BrN3S/c1-13-9(10-5-8(12)7-16-10)6-11-14-3-4-15(11)2/h3-5,7,9,13H,6H2,1-2H3. The summed E-state index contributed by atoms with van der Waals surface area (Å²) in [4.78, 5) is 5.68. The molecule has 86 valence electrons. The first-order valence-corrected chi connectivity index (χ1v) is 6.75. The summed E-state index contributed by atoms with van der Waals surface area (Å²) in [5.41, 5.74) is 0. The molecule has 2 aromatic heterocycles. The number of aryl methyl sites for hydroxylation is 1. The molecule has 16 heavy (non-hydrogen) atoms. The number of nitrogens with zero attached hydrogens (tertiary/aromatic N) is 2. The highest BCUT2D eigenvalue weighted by atomic mass is 79.9. The Kier molecular flexibility index (Phi) is 3.78. The van der Waals surface area contributed by atoms with Gasteiger partial charge in [0, 0.05) is 46.6 Å². The van der Waals surface area contributed by atoms with Gasteiger partial charge in [0.2, 0.25) is 0 Å². The maximum absolute atomic E-state index is 4.35. The Labute approximate surface area is 108 Å². The van der Waals surface area contributed by atoms with Crippen molar-refractivity contribution in [1.29, 1.82) is 0 Å². The highest BCUT2D eigenvalue weighted by molar-refractivity contribution is 9.10. The van der Waals surface area contributed by atoms with Gasteiger partial charge in [-0.1, -0.05) is 0 Å². The lowest BCUT2D eigenvalue weighted by Gasteiger charge is -2.13. The minimum Gasteiger partial charge on any atom is -0.338 e. The van der Waals surface area contributed by atoms with E-state index in [0.29, 0.717) is 6.04 Å². The van der Waals surface area contributed by atoms with Crippen molar-refractivity contribution < 1.29 is 0 Å². The van der Waals surface area contributed by atoms with Crippen LogP contribution in [-0.4, -0.2) is 16.6 Å². The first-order valence-electron chi connectivity index (χ1n) is 5.08. The van der Waals surface area contributed by atoms with Crippen LogP contribution in [0.15, 0.2) is 28.3 Å². The average Bonchev–Trinajstić information content (AvgIpc) is 2.85. The van der Waals surface area contributed by atoms with Crippen LogP contribution in [0.2, 0.25) is 0 Å². The number of rotatable bonds is 4. The molecule has 0 amide bonds. The van der Waals surface area contributed by atoms with Gasteiger partial charge in [-0.05, 0) is 29.0 Å². The largest absolute Gasteiger partial charge is 0.338 e. The van der Waals surface area contributed by atoms with Crippen LogP contribution >= 0.6 is 27.3 Å². The maximum atomic E-state index is 4.35. The van der Waals surface area contributed by atoms with E-state index in [2.05, 4.69) is 42.2 Å². The monoisotopic (exact) mass is 299 g/mol. The fourth-order valence-corrected chi connectivity index (χ4v) is 3.19. The number of aromatic nitrogens is 2. The van der Waals surface area contributed by atoms with Crippen molar-refractivity contribution in [3.8, 4) is 0 Å². The third kappa shape index (κ3) is 2.53. The van der Waals surface area contributed by atoms with Crippen molar-refractivity contribution in [1.82, 2.24) is 14.9 Å². The van der Waals surface area contributed by atoms with Gasteiger partial charge in [0.05, 0.1) is 0 Å². The molecule has 3 nitrogen and oxygen atoms in total. The van der Waals surface area contributed by atoms with Gasteiger partial charge in [0.25, 0.3) is 0 Å². The number of thiophene rings is 1. The highest BCUT2D eigenvalue weighted by Crippen LogP contribution is 2.27. The van der Waals surface area contributed by atoms with E-state index in [1.165, 1.54) is 4.88 Å². The fraction of sp³-hybridized carbons (Fsp3) is 0.364. The molecule has 1 N–H and O–H groups in total. The molecule has 1 unspecified atom stereocenters. The Balaban J connectivity index is 2.15. The first-order chi connectivity index (χ1) is 7.70. The summed E-state index contributed by atoms with van der Waals surface area (Å²) in [7, 11) is 4.01. The zero-order valence-corrected chi connectivity index (χ0v) is 11.7. The first kappa shape index (κ1) is 11.8. The van der Waals surface area contributed by atoms with E-state index in [-0.39, 0.29) is 0 Å². The molecule has 2 heterocycles. The van der Waals surface area contributed by atoms with Crippen molar-refractivity contribution in [2.75, 3.05) is 7.05 Å². The smallest absolute Gasteiger partial charge is 0.110 e. The van der Waals surface area contributed by atoms with Crippen LogP contribution in [0.4, 0.5) is 0 Å². The SMILES string of the molecule is CNC(Cc1nccn1C)c1cc(Br)cs1. The molecule has 0 radical (unpaired) electrons. The molecular formula is C11H14BrN3S. The summed E-state index contributed by atoms with van der Waals surface area (Å²) in [6.07, 6.45) is 4.73. The lowest BCUT2D eigenvalue weighted by atomic mass is 10.1. The number of hydrogen-bond acceptors (Lipinski definition) is 3. The van der Waals surface area contributed by atoms with Crippen molar-refractivity contribution in [2.45, 2.75) is 12.5 Å². The van der Waals surface area contributed by atoms with Crippen LogP contribution in [0.3, 0.4) is 0 Å². The second kappa shape index (κ2) is 5.12. The van der Waals surface area contributed by atoms with Gasteiger partial charge in [-0.2, -0.15) is 0 Å². The second-order valence-electron chi connectivity index (χ2n) is 3.67. The van der Waals surface area contributed by atoms with E-state index in [0.717, 1.165) is 16.7 Å². The molecule has 2 rings (SSSR count). The molecule has 0 aliphatic heterocycles. The van der Waals surface area contributed by atoms with E-state index in [9.17, 15) is 0 Å². The molecule has 2 aromatic rings. The van der Waals surface area contributed by atoms with Crippen molar-refractivity contribution in [3.63, 3.8) is 0 Å². The minimum atomic E-state index is 0.331. The van der Waals surface area contributed by atoms with Crippen LogP contribution in [0.1, 0.15) is 16.7 Å². The third-order valence-electron chi connectivity index (χ3n) is 2.59. The Morgan fingerprint density at radius 1 is 1.62 bits per heavy atom. The number of nitrogens with one attached hydrogen (secondary N) is 1. The predicted molar refractivity (Wildman–Crippen MR) is 70.7 cm³/mol. The lowest BCUT2D eigenvalue weighted by Crippen LogP contribution is -2.19. The second-order valence-corrected chi connectivity index (χ2v) is 5.53. The quantitative estimate of drug-likeness (QED) is 0.941. The Bertz CT molecular complexity index is 463. The Morgan fingerprint density at radius 3 is 2.94 bits per heavy atom. The summed E-state index contributed by atoms with van der Waals surface area (Å²) in [6, 6.07) is 2.49. The van der Waals surface area contributed by atoms with E-state index in [4.69, 9.17) is 0 Å². The van der Waals surface area contributed by atoms with Crippen molar-refractivity contribution >= 4 is 27.3 Å². The van der Waals surface area contributed by atoms with Gasteiger partial charge < -0.3 is 9.88 Å². The van der Waals surface area contributed by atoms with E-state index in [1.54, 1.807) is 11.3 Å². The zero-order chi connectivity index (χ0) is 11.5. The van der Waals surface area contributed by atoms with Gasteiger partial charge in [-0.15, -0.1) is 11.3 Å². The Morgan fingerprint density at radius 2 is 2.44 bits per heavy atom. The third-order valence-corrected chi connectivity index (χ3v) is 4.39. The molecule has 0 aromatic carbocycles. The van der Waals surface area contributed by atoms with Gasteiger partial charge >= 0.3 is 0 Å². The lowest BCUT2D eigenvalue weighted by molar-refractivity contribution is 0.572. The molecule has 0 bridgehead atoms. The number of likely N-dealkylation sites (N-methyl/N-ethyl adjacent to an activating group) is 1. The fourth-order valence-electron chi connectivity index (χ4n) is 1.63.